The molecule has 0 saturated heterocycles. The van der Waals surface area contributed by atoms with Gasteiger partial charge < -0.3 is 5.32 Å². The summed E-state index contributed by atoms with van der Waals surface area (Å²) in [6.07, 6.45) is 7.13. The van der Waals surface area contributed by atoms with Gasteiger partial charge in [0.15, 0.2) is 11.6 Å². The lowest BCUT2D eigenvalue weighted by molar-refractivity contribution is 0.256. The molecule has 0 fully saturated rings. The topological polar surface area (TPSA) is 101 Å². The Morgan fingerprint density at radius 1 is 1.23 bits per heavy atom. The fourth-order valence-electron chi connectivity index (χ4n) is 2.86. The average molecular weight is 350 g/mol. The number of carbonyl (C=O) groups is 1. The van der Waals surface area contributed by atoms with Crippen LogP contribution in [-0.4, -0.2) is 43.9 Å². The van der Waals surface area contributed by atoms with E-state index in [1.165, 1.54) is 12.4 Å². The summed E-state index contributed by atoms with van der Waals surface area (Å²) in [6, 6.07) is 5.47. The van der Waals surface area contributed by atoms with E-state index < -0.39 is 0 Å². The van der Waals surface area contributed by atoms with Gasteiger partial charge >= 0.3 is 6.03 Å². The van der Waals surface area contributed by atoms with Crippen LogP contribution in [0.25, 0.3) is 11.4 Å². The minimum Gasteiger partial charge on any atom is -0.382 e. The molecule has 2 N–H and O–H groups in total. The summed E-state index contributed by atoms with van der Waals surface area (Å²) in [5, 5.41) is 10.3. The second kappa shape index (κ2) is 6.79. The summed E-state index contributed by atoms with van der Waals surface area (Å²) in [4.78, 5) is 27.2. The van der Waals surface area contributed by atoms with E-state index in [1.807, 2.05) is 25.2 Å². The lowest BCUT2D eigenvalue weighted by atomic mass is 10.2. The number of nitrogens with one attached hydrogen (secondary N) is 2. The highest BCUT2D eigenvalue weighted by molar-refractivity contribution is 6.02. The summed E-state index contributed by atoms with van der Waals surface area (Å²) in [7, 11) is 1.86. The van der Waals surface area contributed by atoms with Crippen molar-refractivity contribution in [3.05, 3.63) is 43.0 Å². The van der Waals surface area contributed by atoms with E-state index in [2.05, 4.69) is 25.7 Å². The molecule has 0 aromatic carbocycles. The molecule has 0 atom stereocenters. The van der Waals surface area contributed by atoms with E-state index in [1.54, 1.807) is 22.0 Å². The quantitative estimate of drug-likeness (QED) is 0.734. The minimum absolute atomic E-state index is 0.287. The highest BCUT2D eigenvalue weighted by Gasteiger charge is 2.24. The van der Waals surface area contributed by atoms with E-state index in [-0.39, 0.29) is 6.03 Å². The maximum atomic E-state index is 12.8. The third kappa shape index (κ3) is 3.06. The van der Waals surface area contributed by atoms with Gasteiger partial charge in [-0.15, -0.1) is 0 Å². The first kappa shape index (κ1) is 16.0. The number of hydrogen-bond donors (Lipinski definition) is 2. The Kier molecular flexibility index (Phi) is 4.18. The first-order valence-corrected chi connectivity index (χ1v) is 8.30. The van der Waals surface area contributed by atoms with Gasteiger partial charge in [0.2, 0.25) is 0 Å². The van der Waals surface area contributed by atoms with Crippen LogP contribution in [0.15, 0.2) is 43.0 Å². The average Bonchev–Trinajstić information content (AvgIpc) is 2.97. The lowest BCUT2D eigenvalue weighted by Crippen LogP contribution is -2.36. The SMILES string of the molecule is Cn1nccc1-c1ccc2c(n1)N(C(=O)Nc1cnccn1)CCCN2. The van der Waals surface area contributed by atoms with Crippen LogP contribution in [0.5, 0.6) is 0 Å². The third-order valence-electron chi connectivity index (χ3n) is 4.13. The van der Waals surface area contributed by atoms with Crippen molar-refractivity contribution in [2.45, 2.75) is 6.42 Å². The number of aromatic nitrogens is 5. The molecule has 9 heteroatoms. The monoisotopic (exact) mass is 350 g/mol. The van der Waals surface area contributed by atoms with Crippen molar-refractivity contribution in [2.24, 2.45) is 7.05 Å². The molecule has 0 radical (unpaired) electrons. The van der Waals surface area contributed by atoms with Gasteiger partial charge in [0.1, 0.15) is 0 Å². The number of pyridine rings is 1. The molecule has 0 spiro atoms. The smallest absolute Gasteiger partial charge is 0.328 e. The van der Waals surface area contributed by atoms with Crippen molar-refractivity contribution < 1.29 is 4.79 Å². The van der Waals surface area contributed by atoms with Crippen LogP contribution in [0, 0.1) is 0 Å². The van der Waals surface area contributed by atoms with Crippen molar-refractivity contribution >= 4 is 23.4 Å². The summed E-state index contributed by atoms with van der Waals surface area (Å²) >= 11 is 0. The Morgan fingerprint density at radius 2 is 2.15 bits per heavy atom. The maximum Gasteiger partial charge on any atom is 0.328 e. The number of rotatable bonds is 2. The standard InChI is InChI=1S/C17H18N8O/c1-24-14(5-7-21-24)12-3-4-13-16(22-12)25(10-2-6-19-13)17(26)23-15-11-18-8-9-20-15/h3-5,7-9,11,19H,2,6,10H2,1H3,(H,20,23,26). The van der Waals surface area contributed by atoms with Gasteiger partial charge in [0.05, 0.1) is 23.3 Å². The number of carbonyl (C=O) groups excluding carboxylic acids is 1. The number of anilines is 3. The first-order valence-electron chi connectivity index (χ1n) is 8.30. The van der Waals surface area contributed by atoms with E-state index in [0.717, 1.165) is 30.0 Å². The predicted molar refractivity (Wildman–Crippen MR) is 97.9 cm³/mol. The minimum atomic E-state index is -0.287. The molecule has 4 heterocycles. The molecule has 132 valence electrons. The molecular weight excluding hydrogens is 332 g/mol. The molecule has 3 aromatic heterocycles. The highest BCUT2D eigenvalue weighted by Crippen LogP contribution is 2.30. The molecule has 26 heavy (non-hydrogen) atoms. The van der Waals surface area contributed by atoms with E-state index in [9.17, 15) is 4.79 Å². The first-order chi connectivity index (χ1) is 12.7. The van der Waals surface area contributed by atoms with E-state index in [4.69, 9.17) is 4.98 Å². The molecule has 0 saturated carbocycles. The van der Waals surface area contributed by atoms with Gasteiger partial charge in [-0.25, -0.2) is 14.8 Å². The van der Waals surface area contributed by atoms with Crippen LogP contribution in [0.4, 0.5) is 22.1 Å². The second-order valence-electron chi connectivity index (χ2n) is 5.86. The molecule has 1 aliphatic heterocycles. The van der Waals surface area contributed by atoms with Crippen molar-refractivity contribution in [1.82, 2.24) is 24.7 Å². The van der Waals surface area contributed by atoms with Gasteiger partial charge in [0.25, 0.3) is 0 Å². The summed E-state index contributed by atoms with van der Waals surface area (Å²) < 4.78 is 1.75. The summed E-state index contributed by atoms with van der Waals surface area (Å²) in [5.74, 6) is 0.988. The molecule has 1 aliphatic rings. The number of urea groups is 1. The largest absolute Gasteiger partial charge is 0.382 e. The zero-order valence-electron chi connectivity index (χ0n) is 14.3. The Balaban J connectivity index is 1.69. The molecule has 0 aliphatic carbocycles. The highest BCUT2D eigenvalue weighted by atomic mass is 16.2. The molecule has 0 unspecified atom stereocenters. The Hall–Kier alpha value is -3.49. The Bertz CT molecular complexity index is 924. The molecule has 2 amide bonds. The summed E-state index contributed by atoms with van der Waals surface area (Å²) in [5.41, 5.74) is 2.46. The maximum absolute atomic E-state index is 12.8. The molecule has 3 aromatic rings. The van der Waals surface area contributed by atoms with Crippen molar-refractivity contribution in [3.8, 4) is 11.4 Å². The van der Waals surface area contributed by atoms with Crippen molar-refractivity contribution in [2.75, 3.05) is 28.6 Å². The van der Waals surface area contributed by atoms with Gasteiger partial charge in [-0.1, -0.05) is 0 Å². The van der Waals surface area contributed by atoms with Gasteiger partial charge in [-0.05, 0) is 24.6 Å². The van der Waals surface area contributed by atoms with Crippen LogP contribution in [0.1, 0.15) is 6.42 Å². The summed E-state index contributed by atoms with van der Waals surface area (Å²) in [6.45, 7) is 1.32. The van der Waals surface area contributed by atoms with Gasteiger partial charge in [-0.2, -0.15) is 5.10 Å². The zero-order valence-corrected chi connectivity index (χ0v) is 14.3. The van der Waals surface area contributed by atoms with Crippen LogP contribution in [0.3, 0.4) is 0 Å². The third-order valence-corrected chi connectivity index (χ3v) is 4.13. The fraction of sp³-hybridized carbons (Fsp3) is 0.235. The normalized spacial score (nSPS) is 13.5. The van der Waals surface area contributed by atoms with E-state index in [0.29, 0.717) is 18.2 Å². The number of fused-ring (bicyclic) bond motifs is 1. The van der Waals surface area contributed by atoms with Crippen LogP contribution in [-0.2, 0) is 7.05 Å². The van der Waals surface area contributed by atoms with Crippen LogP contribution < -0.4 is 15.5 Å². The Labute approximate surface area is 150 Å². The van der Waals surface area contributed by atoms with Crippen molar-refractivity contribution in [3.63, 3.8) is 0 Å². The van der Waals surface area contributed by atoms with Crippen LogP contribution in [0.2, 0.25) is 0 Å². The number of hydrogen-bond acceptors (Lipinski definition) is 6. The Morgan fingerprint density at radius 3 is 2.92 bits per heavy atom. The molecule has 0 bridgehead atoms. The lowest BCUT2D eigenvalue weighted by Gasteiger charge is -2.22. The number of aryl methyl sites for hydroxylation is 1. The van der Waals surface area contributed by atoms with Gasteiger partial charge in [-0.3, -0.25) is 19.9 Å². The van der Waals surface area contributed by atoms with Crippen LogP contribution >= 0.6 is 0 Å². The van der Waals surface area contributed by atoms with Gasteiger partial charge in [0, 0.05) is 38.7 Å². The zero-order chi connectivity index (χ0) is 17.9. The molecule has 9 nitrogen and oxygen atoms in total. The number of amides is 2. The second-order valence-corrected chi connectivity index (χ2v) is 5.86. The molecular formula is C17H18N8O. The fourth-order valence-corrected chi connectivity index (χ4v) is 2.86. The molecule has 4 rings (SSSR count). The van der Waals surface area contributed by atoms with E-state index >= 15 is 0 Å². The number of nitrogens with zero attached hydrogens (tertiary/aromatic N) is 6. The van der Waals surface area contributed by atoms with Crippen molar-refractivity contribution in [1.29, 1.82) is 0 Å². The predicted octanol–water partition coefficient (Wildman–Crippen LogP) is 2.13.